The lowest BCUT2D eigenvalue weighted by atomic mass is 10.2. The van der Waals surface area contributed by atoms with Gasteiger partial charge >= 0.3 is 0 Å². The second-order valence-electron chi connectivity index (χ2n) is 3.97. The van der Waals surface area contributed by atoms with Gasteiger partial charge < -0.3 is 16.4 Å². The van der Waals surface area contributed by atoms with E-state index in [9.17, 15) is 0 Å². The van der Waals surface area contributed by atoms with E-state index in [0.717, 1.165) is 16.6 Å². The largest absolute Gasteiger partial charge is 0.402 e. The molecule has 2 rings (SSSR count). The molecule has 0 radical (unpaired) electrons. The fourth-order valence-corrected chi connectivity index (χ4v) is 1.60. The maximum absolute atomic E-state index is 5.70. The summed E-state index contributed by atoms with van der Waals surface area (Å²) in [5.41, 5.74) is 14.1. The molecule has 0 saturated carbocycles. The summed E-state index contributed by atoms with van der Waals surface area (Å²) in [5, 5.41) is 7.97. The third kappa shape index (κ3) is 2.53. The van der Waals surface area contributed by atoms with Crippen LogP contribution in [0.3, 0.4) is 0 Å². The Labute approximate surface area is 111 Å². The maximum Gasteiger partial charge on any atom is 0.116 e. The molecule has 0 unspecified atom stereocenters. The minimum Gasteiger partial charge on any atom is -0.402 e. The number of nitrogens with zero attached hydrogens (tertiary/aromatic N) is 2. The van der Waals surface area contributed by atoms with Crippen molar-refractivity contribution < 1.29 is 0 Å². The second-order valence-corrected chi connectivity index (χ2v) is 3.97. The highest BCUT2D eigenvalue weighted by Crippen LogP contribution is 2.17. The molecule has 0 fully saturated rings. The lowest BCUT2D eigenvalue weighted by Gasteiger charge is -2.10. The Morgan fingerprint density at radius 1 is 1.53 bits per heavy atom. The highest BCUT2D eigenvalue weighted by Gasteiger charge is 2.03. The van der Waals surface area contributed by atoms with Crippen molar-refractivity contribution in [2.24, 2.45) is 5.73 Å². The Kier molecular flexibility index (Phi) is 3.44. The topological polar surface area (TPSA) is 84.0 Å². The smallest absolute Gasteiger partial charge is 0.116 e. The SMILES string of the molecule is C=CN(C)/C(C#Cc1[nH]nc2cc(N)ccc12)=C\N. The third-order valence-electron chi connectivity index (χ3n) is 2.71. The van der Waals surface area contributed by atoms with Crippen LogP contribution in [-0.4, -0.2) is 22.1 Å². The van der Waals surface area contributed by atoms with E-state index >= 15 is 0 Å². The number of allylic oxidation sites excluding steroid dienone is 1. The fraction of sp³-hybridized carbons (Fsp3) is 0.0714. The van der Waals surface area contributed by atoms with Crippen LogP contribution in [-0.2, 0) is 0 Å². The quantitative estimate of drug-likeness (QED) is 0.557. The van der Waals surface area contributed by atoms with Crippen molar-refractivity contribution in [2.75, 3.05) is 12.8 Å². The van der Waals surface area contributed by atoms with Gasteiger partial charge in [0.1, 0.15) is 11.4 Å². The van der Waals surface area contributed by atoms with Crippen LogP contribution in [0.25, 0.3) is 10.9 Å². The van der Waals surface area contributed by atoms with Gasteiger partial charge in [-0.1, -0.05) is 6.58 Å². The van der Waals surface area contributed by atoms with Crippen LogP contribution < -0.4 is 11.5 Å². The normalized spacial score (nSPS) is 10.9. The van der Waals surface area contributed by atoms with Gasteiger partial charge in [0.2, 0.25) is 0 Å². The molecule has 5 nitrogen and oxygen atoms in total. The number of aromatic nitrogens is 2. The van der Waals surface area contributed by atoms with Crippen LogP contribution in [0, 0.1) is 11.8 Å². The molecule has 0 spiro atoms. The first kappa shape index (κ1) is 12.6. The molecule has 0 amide bonds. The fourth-order valence-electron chi connectivity index (χ4n) is 1.60. The monoisotopic (exact) mass is 253 g/mol. The van der Waals surface area contributed by atoms with Crippen LogP contribution >= 0.6 is 0 Å². The highest BCUT2D eigenvalue weighted by atomic mass is 15.1. The van der Waals surface area contributed by atoms with Crippen LogP contribution in [0.4, 0.5) is 5.69 Å². The number of hydrogen-bond acceptors (Lipinski definition) is 4. The molecule has 0 saturated heterocycles. The molecular formula is C14H15N5. The Hall–Kier alpha value is -2.87. The predicted molar refractivity (Wildman–Crippen MR) is 77.6 cm³/mol. The standard InChI is InChI=1S/C14H15N5/c1-3-19(2)11(9-15)5-7-13-12-6-4-10(16)8-14(12)18-17-13/h3-4,6,8-9H,1,15-16H2,2H3,(H,17,18)/b11-9-. The summed E-state index contributed by atoms with van der Waals surface area (Å²) < 4.78 is 0. The number of fused-ring (bicyclic) bond motifs is 1. The van der Waals surface area contributed by atoms with E-state index in [-0.39, 0.29) is 0 Å². The summed E-state index contributed by atoms with van der Waals surface area (Å²) in [6.45, 7) is 3.66. The van der Waals surface area contributed by atoms with Crippen molar-refractivity contribution in [3.8, 4) is 11.8 Å². The van der Waals surface area contributed by atoms with Gasteiger partial charge in [0.05, 0.1) is 5.52 Å². The molecule has 0 aliphatic carbocycles. The van der Waals surface area contributed by atoms with E-state index < -0.39 is 0 Å². The number of benzene rings is 1. The molecule has 1 heterocycles. The summed E-state index contributed by atoms with van der Waals surface area (Å²) in [7, 11) is 1.83. The van der Waals surface area contributed by atoms with Crippen LogP contribution in [0.2, 0.25) is 0 Å². The zero-order valence-electron chi connectivity index (χ0n) is 10.6. The Bertz CT molecular complexity index is 699. The van der Waals surface area contributed by atoms with Gasteiger partial charge in [-0.05, 0) is 36.2 Å². The minimum atomic E-state index is 0.660. The first-order valence-corrected chi connectivity index (χ1v) is 5.68. The van der Waals surface area contributed by atoms with Crippen molar-refractivity contribution in [2.45, 2.75) is 0 Å². The number of H-pyrrole nitrogens is 1. The van der Waals surface area contributed by atoms with Crippen molar-refractivity contribution in [3.63, 3.8) is 0 Å². The minimum absolute atomic E-state index is 0.660. The highest BCUT2D eigenvalue weighted by molar-refractivity contribution is 5.86. The first-order chi connectivity index (χ1) is 9.15. The van der Waals surface area contributed by atoms with Gasteiger partial charge in [0.15, 0.2) is 0 Å². The molecule has 0 bridgehead atoms. The van der Waals surface area contributed by atoms with E-state index in [2.05, 4.69) is 28.6 Å². The van der Waals surface area contributed by atoms with Gasteiger partial charge in [-0.15, -0.1) is 0 Å². The Morgan fingerprint density at radius 3 is 3.00 bits per heavy atom. The summed E-state index contributed by atoms with van der Waals surface area (Å²) in [6.07, 6.45) is 3.07. The van der Waals surface area contributed by atoms with Crippen molar-refractivity contribution in [3.05, 3.63) is 48.6 Å². The predicted octanol–water partition coefficient (Wildman–Crippen LogP) is 1.37. The summed E-state index contributed by atoms with van der Waals surface area (Å²) in [5.74, 6) is 5.97. The molecule has 0 aliphatic rings. The van der Waals surface area contributed by atoms with Crippen LogP contribution in [0.15, 0.2) is 42.9 Å². The number of nitrogen functional groups attached to an aromatic ring is 1. The number of aromatic amines is 1. The zero-order valence-corrected chi connectivity index (χ0v) is 10.6. The summed E-state index contributed by atoms with van der Waals surface area (Å²) in [4.78, 5) is 1.74. The molecule has 1 aromatic carbocycles. The number of anilines is 1. The average molecular weight is 253 g/mol. The second kappa shape index (κ2) is 5.19. The summed E-state index contributed by atoms with van der Waals surface area (Å²) >= 11 is 0. The number of nitrogens with two attached hydrogens (primary N) is 2. The van der Waals surface area contributed by atoms with Crippen LogP contribution in [0.1, 0.15) is 5.69 Å². The van der Waals surface area contributed by atoms with Gasteiger partial charge in [0, 0.05) is 24.3 Å². The van der Waals surface area contributed by atoms with Crippen molar-refractivity contribution in [1.29, 1.82) is 0 Å². The van der Waals surface area contributed by atoms with E-state index in [1.807, 2.05) is 19.2 Å². The first-order valence-electron chi connectivity index (χ1n) is 5.68. The molecule has 0 atom stereocenters. The van der Waals surface area contributed by atoms with E-state index in [1.165, 1.54) is 6.20 Å². The van der Waals surface area contributed by atoms with E-state index in [1.54, 1.807) is 17.2 Å². The molecule has 1 aromatic heterocycles. The molecule has 2 aromatic rings. The van der Waals surface area contributed by atoms with Gasteiger partial charge in [0.25, 0.3) is 0 Å². The number of nitrogens with one attached hydrogen (secondary N) is 1. The van der Waals surface area contributed by atoms with Gasteiger partial charge in [-0.3, -0.25) is 5.10 Å². The lowest BCUT2D eigenvalue weighted by Crippen LogP contribution is -2.09. The van der Waals surface area contributed by atoms with Crippen molar-refractivity contribution >= 4 is 16.6 Å². The zero-order chi connectivity index (χ0) is 13.8. The Balaban J connectivity index is 2.40. The molecule has 96 valence electrons. The number of rotatable bonds is 2. The molecule has 5 N–H and O–H groups in total. The summed E-state index contributed by atoms with van der Waals surface area (Å²) in [6, 6.07) is 5.51. The van der Waals surface area contributed by atoms with Gasteiger partial charge in [-0.2, -0.15) is 5.10 Å². The van der Waals surface area contributed by atoms with Gasteiger partial charge in [-0.25, -0.2) is 0 Å². The average Bonchev–Trinajstić information content (AvgIpc) is 2.81. The van der Waals surface area contributed by atoms with Crippen molar-refractivity contribution in [1.82, 2.24) is 15.1 Å². The molecule has 0 aliphatic heterocycles. The third-order valence-corrected chi connectivity index (χ3v) is 2.71. The molecular weight excluding hydrogens is 238 g/mol. The van der Waals surface area contributed by atoms with Crippen LogP contribution in [0.5, 0.6) is 0 Å². The lowest BCUT2D eigenvalue weighted by molar-refractivity contribution is 0.594. The van der Waals surface area contributed by atoms with E-state index in [0.29, 0.717) is 11.4 Å². The van der Waals surface area contributed by atoms with E-state index in [4.69, 9.17) is 11.5 Å². The molecule has 19 heavy (non-hydrogen) atoms. The molecule has 5 heteroatoms. The number of hydrogen-bond donors (Lipinski definition) is 3. The maximum atomic E-state index is 5.70. The Morgan fingerprint density at radius 2 is 2.32 bits per heavy atom.